The van der Waals surface area contributed by atoms with E-state index in [0.717, 1.165) is 48.5 Å². The molecule has 1 N–H and O–H groups in total. The van der Waals surface area contributed by atoms with Crippen molar-refractivity contribution in [2.75, 3.05) is 13.1 Å². The zero-order valence-corrected chi connectivity index (χ0v) is 14.7. The zero-order chi connectivity index (χ0) is 17.4. The van der Waals surface area contributed by atoms with Gasteiger partial charge < -0.3 is 9.88 Å². The highest BCUT2D eigenvalue weighted by atomic mass is 16.2. The Kier molecular flexibility index (Phi) is 4.03. The average Bonchev–Trinajstić information content (AvgIpc) is 3.24. The molecule has 3 aromatic rings. The minimum absolute atomic E-state index is 0.0242. The van der Waals surface area contributed by atoms with E-state index in [0.29, 0.717) is 12.2 Å². The number of para-hydroxylation sites is 2. The second kappa shape index (κ2) is 6.35. The van der Waals surface area contributed by atoms with Gasteiger partial charge in [0, 0.05) is 31.2 Å². The summed E-state index contributed by atoms with van der Waals surface area (Å²) >= 11 is 0. The van der Waals surface area contributed by atoms with Gasteiger partial charge >= 0.3 is 0 Å². The summed E-state index contributed by atoms with van der Waals surface area (Å²) in [5.41, 5.74) is 3.61. The molecule has 1 aliphatic heterocycles. The van der Waals surface area contributed by atoms with E-state index in [-0.39, 0.29) is 11.8 Å². The molecule has 0 unspecified atom stereocenters. The number of fused-ring (bicyclic) bond motifs is 1. The van der Waals surface area contributed by atoms with E-state index >= 15 is 0 Å². The Morgan fingerprint density at radius 2 is 2.20 bits per heavy atom. The predicted octanol–water partition coefficient (Wildman–Crippen LogP) is 3.11. The van der Waals surface area contributed by atoms with Gasteiger partial charge in [-0.15, -0.1) is 0 Å². The number of rotatable bonds is 3. The van der Waals surface area contributed by atoms with Crippen LogP contribution in [0.25, 0.3) is 11.0 Å². The lowest BCUT2D eigenvalue weighted by Crippen LogP contribution is -2.39. The van der Waals surface area contributed by atoms with Crippen molar-refractivity contribution in [3.8, 4) is 0 Å². The van der Waals surface area contributed by atoms with Crippen LogP contribution >= 0.6 is 0 Å². The molecular weight excluding hydrogens is 314 g/mol. The molecule has 3 heterocycles. The molecule has 1 amide bonds. The summed E-state index contributed by atoms with van der Waals surface area (Å²) in [6, 6.07) is 9.94. The third-order valence-electron chi connectivity index (χ3n) is 5.00. The van der Waals surface area contributed by atoms with Crippen molar-refractivity contribution < 1.29 is 4.79 Å². The minimum atomic E-state index is 0.0242. The first-order chi connectivity index (χ1) is 12.2. The molecule has 4 rings (SSSR count). The first-order valence-corrected chi connectivity index (χ1v) is 8.94. The number of aromatic amines is 1. The molecule has 0 spiro atoms. The van der Waals surface area contributed by atoms with Crippen molar-refractivity contribution in [2.24, 2.45) is 0 Å². The highest BCUT2D eigenvalue weighted by Gasteiger charge is 2.28. The molecule has 1 aromatic carbocycles. The number of amides is 1. The SMILES string of the molecule is CCn1nc(C(=O)N2CCC[C@@H](c3nc4ccccc4[nH]3)C2)cc1C. The van der Waals surface area contributed by atoms with Crippen LogP contribution in [0.5, 0.6) is 0 Å². The number of H-pyrrole nitrogens is 1. The van der Waals surface area contributed by atoms with E-state index in [4.69, 9.17) is 4.98 Å². The standard InChI is InChI=1S/C19H23N5O/c1-3-24-13(2)11-17(22-24)19(25)23-10-6-7-14(12-23)18-20-15-8-4-5-9-16(15)21-18/h4-5,8-9,11,14H,3,6-7,10,12H2,1-2H3,(H,20,21)/t14-/m1/s1. The average molecular weight is 337 g/mol. The van der Waals surface area contributed by atoms with Crippen LogP contribution < -0.4 is 0 Å². The summed E-state index contributed by atoms with van der Waals surface area (Å²) < 4.78 is 1.87. The van der Waals surface area contributed by atoms with Gasteiger partial charge in [-0.2, -0.15) is 5.10 Å². The van der Waals surface area contributed by atoms with Gasteiger partial charge in [-0.3, -0.25) is 9.48 Å². The van der Waals surface area contributed by atoms with Gasteiger partial charge in [0.2, 0.25) is 0 Å². The molecule has 0 aliphatic carbocycles. The van der Waals surface area contributed by atoms with Gasteiger partial charge in [0.05, 0.1) is 11.0 Å². The van der Waals surface area contributed by atoms with Crippen molar-refractivity contribution in [1.29, 1.82) is 0 Å². The van der Waals surface area contributed by atoms with Crippen LogP contribution in [0.15, 0.2) is 30.3 Å². The van der Waals surface area contributed by atoms with Gasteiger partial charge in [-0.05, 0) is 44.9 Å². The van der Waals surface area contributed by atoms with Crippen LogP contribution in [0.2, 0.25) is 0 Å². The fraction of sp³-hybridized carbons (Fsp3) is 0.421. The maximum Gasteiger partial charge on any atom is 0.274 e. The number of benzene rings is 1. The van der Waals surface area contributed by atoms with Gasteiger partial charge in [0.1, 0.15) is 5.82 Å². The number of aryl methyl sites for hydroxylation is 2. The molecule has 0 radical (unpaired) electrons. The van der Waals surface area contributed by atoms with Crippen LogP contribution in [0, 0.1) is 6.92 Å². The van der Waals surface area contributed by atoms with Crippen LogP contribution in [0.1, 0.15) is 47.7 Å². The molecular formula is C19H23N5O. The smallest absolute Gasteiger partial charge is 0.274 e. The predicted molar refractivity (Wildman–Crippen MR) is 96.6 cm³/mol. The Bertz CT molecular complexity index is 877. The monoisotopic (exact) mass is 337 g/mol. The second-order valence-electron chi connectivity index (χ2n) is 6.72. The molecule has 6 nitrogen and oxygen atoms in total. The van der Waals surface area contributed by atoms with Crippen LogP contribution in [-0.2, 0) is 6.54 Å². The third kappa shape index (κ3) is 2.92. The molecule has 6 heteroatoms. The first-order valence-electron chi connectivity index (χ1n) is 8.94. The van der Waals surface area contributed by atoms with Crippen molar-refractivity contribution in [3.63, 3.8) is 0 Å². The number of likely N-dealkylation sites (tertiary alicyclic amines) is 1. The molecule has 1 fully saturated rings. The number of hydrogen-bond acceptors (Lipinski definition) is 3. The van der Waals surface area contributed by atoms with E-state index in [1.54, 1.807) is 0 Å². The maximum absolute atomic E-state index is 12.8. The first kappa shape index (κ1) is 15.9. The lowest BCUT2D eigenvalue weighted by atomic mass is 9.97. The summed E-state index contributed by atoms with van der Waals surface area (Å²) in [6.45, 7) is 6.28. The summed E-state index contributed by atoms with van der Waals surface area (Å²) in [5.74, 6) is 1.25. The fourth-order valence-corrected chi connectivity index (χ4v) is 3.65. The minimum Gasteiger partial charge on any atom is -0.342 e. The number of carbonyl (C=O) groups excluding carboxylic acids is 1. The highest BCUT2D eigenvalue weighted by molar-refractivity contribution is 5.92. The lowest BCUT2D eigenvalue weighted by molar-refractivity contribution is 0.0698. The summed E-state index contributed by atoms with van der Waals surface area (Å²) in [6.07, 6.45) is 2.03. The van der Waals surface area contributed by atoms with E-state index < -0.39 is 0 Å². The molecule has 25 heavy (non-hydrogen) atoms. The number of carbonyl (C=O) groups is 1. The third-order valence-corrected chi connectivity index (χ3v) is 5.00. The fourth-order valence-electron chi connectivity index (χ4n) is 3.65. The van der Waals surface area contributed by atoms with Gasteiger partial charge in [-0.1, -0.05) is 12.1 Å². The molecule has 1 atom stereocenters. The van der Waals surface area contributed by atoms with E-state index in [2.05, 4.69) is 10.1 Å². The summed E-state index contributed by atoms with van der Waals surface area (Å²) in [4.78, 5) is 22.9. The Morgan fingerprint density at radius 1 is 1.36 bits per heavy atom. The number of imidazole rings is 1. The Morgan fingerprint density at radius 3 is 2.96 bits per heavy atom. The summed E-state index contributed by atoms with van der Waals surface area (Å²) in [7, 11) is 0. The number of piperidine rings is 1. The molecule has 1 aliphatic rings. The van der Waals surface area contributed by atoms with E-state index in [1.807, 2.05) is 53.8 Å². The van der Waals surface area contributed by atoms with Crippen LogP contribution in [0.4, 0.5) is 0 Å². The maximum atomic E-state index is 12.8. The van der Waals surface area contributed by atoms with Crippen molar-refractivity contribution >= 4 is 16.9 Å². The normalized spacial score (nSPS) is 18.0. The van der Waals surface area contributed by atoms with E-state index in [9.17, 15) is 4.79 Å². The van der Waals surface area contributed by atoms with Gasteiger partial charge in [0.15, 0.2) is 5.69 Å². The number of aromatic nitrogens is 4. The molecule has 1 saturated heterocycles. The molecule has 0 bridgehead atoms. The lowest BCUT2D eigenvalue weighted by Gasteiger charge is -2.31. The zero-order valence-electron chi connectivity index (χ0n) is 14.7. The Balaban J connectivity index is 1.54. The topological polar surface area (TPSA) is 66.8 Å². The number of nitrogens with zero attached hydrogens (tertiary/aromatic N) is 4. The second-order valence-corrected chi connectivity index (χ2v) is 6.72. The molecule has 2 aromatic heterocycles. The number of nitrogens with one attached hydrogen (secondary N) is 1. The largest absolute Gasteiger partial charge is 0.342 e. The quantitative estimate of drug-likeness (QED) is 0.798. The number of hydrogen-bond donors (Lipinski definition) is 1. The highest BCUT2D eigenvalue weighted by Crippen LogP contribution is 2.27. The van der Waals surface area contributed by atoms with Crippen molar-refractivity contribution in [1.82, 2.24) is 24.6 Å². The Hall–Kier alpha value is -2.63. The van der Waals surface area contributed by atoms with Crippen LogP contribution in [-0.4, -0.2) is 43.6 Å². The molecule has 0 saturated carbocycles. The van der Waals surface area contributed by atoms with Crippen LogP contribution in [0.3, 0.4) is 0 Å². The van der Waals surface area contributed by atoms with E-state index in [1.165, 1.54) is 0 Å². The van der Waals surface area contributed by atoms with Crippen molar-refractivity contribution in [2.45, 2.75) is 39.2 Å². The summed E-state index contributed by atoms with van der Waals surface area (Å²) in [5, 5.41) is 4.44. The van der Waals surface area contributed by atoms with Gasteiger partial charge in [-0.25, -0.2) is 4.98 Å². The van der Waals surface area contributed by atoms with Gasteiger partial charge in [0.25, 0.3) is 5.91 Å². The molecule has 130 valence electrons. The van der Waals surface area contributed by atoms with Crippen molar-refractivity contribution in [3.05, 3.63) is 47.5 Å². The Labute approximate surface area is 146 Å².